The number of hydrogen-bond donors (Lipinski definition) is 0. The second kappa shape index (κ2) is 2.71. The first-order valence-corrected chi connectivity index (χ1v) is 5.03. The van der Waals surface area contributed by atoms with Crippen LogP contribution in [0.3, 0.4) is 0 Å². The minimum absolute atomic E-state index is 0.518. The van der Waals surface area contributed by atoms with E-state index in [-0.39, 0.29) is 0 Å². The fourth-order valence-corrected chi connectivity index (χ4v) is 2.35. The predicted octanol–water partition coefficient (Wildman–Crippen LogP) is 3.67. The predicted molar refractivity (Wildman–Crippen MR) is 60.7 cm³/mol. The molecular weight excluding hydrogens is 168 g/mol. The monoisotopic (exact) mass is 180 g/mol. The molecule has 0 amide bonds. The minimum atomic E-state index is 0.518. The van der Waals surface area contributed by atoms with E-state index in [2.05, 4.69) is 55.5 Å². The summed E-state index contributed by atoms with van der Waals surface area (Å²) in [5.74, 6) is 0.518. The SMILES string of the molecule is CC1=CC2C=CC=C2c2ccccc21. The Morgan fingerprint density at radius 2 is 1.86 bits per heavy atom. The molecule has 2 aliphatic rings. The lowest BCUT2D eigenvalue weighted by molar-refractivity contribution is 1.09. The highest BCUT2D eigenvalue weighted by Crippen LogP contribution is 2.40. The molecule has 1 atom stereocenters. The van der Waals surface area contributed by atoms with Crippen LogP contribution in [0.1, 0.15) is 18.1 Å². The Kier molecular flexibility index (Phi) is 1.51. The highest BCUT2D eigenvalue weighted by Gasteiger charge is 2.21. The fourth-order valence-electron chi connectivity index (χ4n) is 2.35. The number of rotatable bonds is 0. The van der Waals surface area contributed by atoms with Crippen molar-refractivity contribution < 1.29 is 0 Å². The Balaban J connectivity index is 2.29. The van der Waals surface area contributed by atoms with Crippen LogP contribution in [0.4, 0.5) is 0 Å². The van der Waals surface area contributed by atoms with E-state index in [1.54, 1.807) is 0 Å². The van der Waals surface area contributed by atoms with Gasteiger partial charge < -0.3 is 0 Å². The number of allylic oxidation sites excluding steroid dienone is 6. The summed E-state index contributed by atoms with van der Waals surface area (Å²) in [5, 5.41) is 0. The Bertz CT molecular complexity index is 473. The second-order valence-electron chi connectivity index (χ2n) is 3.93. The molecule has 0 aliphatic heterocycles. The van der Waals surface area contributed by atoms with E-state index in [0.717, 1.165) is 0 Å². The third kappa shape index (κ3) is 0.941. The van der Waals surface area contributed by atoms with Crippen LogP contribution >= 0.6 is 0 Å². The van der Waals surface area contributed by atoms with E-state index >= 15 is 0 Å². The van der Waals surface area contributed by atoms with Crippen LogP contribution in [0.25, 0.3) is 11.1 Å². The molecule has 0 nitrogen and oxygen atoms in total. The van der Waals surface area contributed by atoms with Crippen molar-refractivity contribution in [2.24, 2.45) is 5.92 Å². The Labute approximate surface area is 84.3 Å². The molecule has 2 aliphatic carbocycles. The van der Waals surface area contributed by atoms with Gasteiger partial charge in [0.05, 0.1) is 0 Å². The van der Waals surface area contributed by atoms with Crippen LogP contribution < -0.4 is 0 Å². The van der Waals surface area contributed by atoms with Crippen LogP contribution in [0.5, 0.6) is 0 Å². The summed E-state index contributed by atoms with van der Waals surface area (Å²) in [6, 6.07) is 8.65. The summed E-state index contributed by atoms with van der Waals surface area (Å²) in [5.41, 5.74) is 5.64. The molecule has 0 bridgehead atoms. The molecule has 68 valence electrons. The van der Waals surface area contributed by atoms with Crippen molar-refractivity contribution in [1.82, 2.24) is 0 Å². The van der Waals surface area contributed by atoms with Crippen LogP contribution in [-0.2, 0) is 0 Å². The van der Waals surface area contributed by atoms with Gasteiger partial charge in [0.2, 0.25) is 0 Å². The molecule has 1 unspecified atom stereocenters. The molecule has 0 heteroatoms. The van der Waals surface area contributed by atoms with E-state index in [0.29, 0.717) is 5.92 Å². The smallest absolute Gasteiger partial charge is 0.0213 e. The van der Waals surface area contributed by atoms with Crippen molar-refractivity contribution in [3.8, 4) is 0 Å². The van der Waals surface area contributed by atoms with E-state index in [4.69, 9.17) is 0 Å². The van der Waals surface area contributed by atoms with Gasteiger partial charge in [0.15, 0.2) is 0 Å². The number of fused-ring (bicyclic) bond motifs is 3. The van der Waals surface area contributed by atoms with Crippen molar-refractivity contribution in [2.75, 3.05) is 0 Å². The molecule has 1 aromatic rings. The first-order chi connectivity index (χ1) is 6.86. The molecule has 0 fully saturated rings. The topological polar surface area (TPSA) is 0 Å². The van der Waals surface area contributed by atoms with Crippen LogP contribution in [-0.4, -0.2) is 0 Å². The highest BCUT2D eigenvalue weighted by atomic mass is 14.3. The lowest BCUT2D eigenvalue weighted by Gasteiger charge is -2.21. The van der Waals surface area contributed by atoms with Gasteiger partial charge in [0.25, 0.3) is 0 Å². The molecule has 0 saturated carbocycles. The largest absolute Gasteiger partial charge is 0.0732 e. The van der Waals surface area contributed by atoms with Gasteiger partial charge in [0, 0.05) is 5.92 Å². The Morgan fingerprint density at radius 1 is 1.07 bits per heavy atom. The summed E-state index contributed by atoms with van der Waals surface area (Å²) in [6.45, 7) is 2.20. The van der Waals surface area contributed by atoms with Gasteiger partial charge >= 0.3 is 0 Å². The van der Waals surface area contributed by atoms with Crippen molar-refractivity contribution in [3.05, 3.63) is 59.7 Å². The maximum atomic E-state index is 2.34. The molecule has 0 heterocycles. The second-order valence-corrected chi connectivity index (χ2v) is 3.93. The maximum absolute atomic E-state index is 2.34. The molecule has 0 saturated heterocycles. The third-order valence-electron chi connectivity index (χ3n) is 3.05. The zero-order valence-electron chi connectivity index (χ0n) is 8.20. The van der Waals surface area contributed by atoms with E-state index in [1.165, 1.54) is 22.3 Å². The van der Waals surface area contributed by atoms with Crippen molar-refractivity contribution in [2.45, 2.75) is 6.92 Å². The summed E-state index contributed by atoms with van der Waals surface area (Å²) in [7, 11) is 0. The maximum Gasteiger partial charge on any atom is 0.0213 e. The van der Waals surface area contributed by atoms with Gasteiger partial charge in [-0.1, -0.05) is 48.6 Å². The standard InChI is InChI=1S/C14H12/c1-10-9-11-5-4-8-13(11)14-7-3-2-6-12(10)14/h2-9,11H,1H3. The molecule has 0 N–H and O–H groups in total. The lowest BCUT2D eigenvalue weighted by Crippen LogP contribution is -2.03. The van der Waals surface area contributed by atoms with Crippen LogP contribution in [0, 0.1) is 5.92 Å². The van der Waals surface area contributed by atoms with Gasteiger partial charge in [-0.2, -0.15) is 0 Å². The molecule has 0 aromatic heterocycles. The zero-order valence-corrected chi connectivity index (χ0v) is 8.20. The molecule has 14 heavy (non-hydrogen) atoms. The molecule has 3 rings (SSSR count). The minimum Gasteiger partial charge on any atom is -0.0732 e. The van der Waals surface area contributed by atoms with E-state index in [9.17, 15) is 0 Å². The molecular formula is C14H12. The van der Waals surface area contributed by atoms with Crippen LogP contribution in [0.2, 0.25) is 0 Å². The third-order valence-corrected chi connectivity index (χ3v) is 3.05. The average molecular weight is 180 g/mol. The van der Waals surface area contributed by atoms with Crippen molar-refractivity contribution in [1.29, 1.82) is 0 Å². The van der Waals surface area contributed by atoms with Crippen molar-refractivity contribution >= 4 is 11.1 Å². The van der Waals surface area contributed by atoms with Gasteiger partial charge in [-0.05, 0) is 29.2 Å². The highest BCUT2D eigenvalue weighted by molar-refractivity contribution is 5.88. The fraction of sp³-hybridized carbons (Fsp3) is 0.143. The first kappa shape index (κ1) is 7.81. The summed E-state index contributed by atoms with van der Waals surface area (Å²) >= 11 is 0. The Morgan fingerprint density at radius 3 is 2.71 bits per heavy atom. The van der Waals surface area contributed by atoms with Crippen LogP contribution in [0.15, 0.2) is 48.6 Å². The number of benzene rings is 1. The zero-order chi connectivity index (χ0) is 9.54. The summed E-state index contributed by atoms with van der Waals surface area (Å²) in [4.78, 5) is 0. The van der Waals surface area contributed by atoms with Gasteiger partial charge in [-0.15, -0.1) is 0 Å². The normalized spacial score (nSPS) is 22.5. The number of hydrogen-bond acceptors (Lipinski definition) is 0. The first-order valence-electron chi connectivity index (χ1n) is 5.03. The van der Waals surface area contributed by atoms with Crippen molar-refractivity contribution in [3.63, 3.8) is 0 Å². The summed E-state index contributed by atoms with van der Waals surface area (Å²) < 4.78 is 0. The molecule has 1 aromatic carbocycles. The average Bonchev–Trinajstić information content (AvgIpc) is 2.66. The molecule has 0 spiro atoms. The van der Waals surface area contributed by atoms with Gasteiger partial charge in [0.1, 0.15) is 0 Å². The van der Waals surface area contributed by atoms with Gasteiger partial charge in [-0.25, -0.2) is 0 Å². The Hall–Kier alpha value is -1.56. The quantitative estimate of drug-likeness (QED) is 0.571. The lowest BCUT2D eigenvalue weighted by atomic mass is 9.83. The van der Waals surface area contributed by atoms with E-state index in [1.807, 2.05) is 0 Å². The summed E-state index contributed by atoms with van der Waals surface area (Å²) in [6.07, 6.45) is 8.99. The van der Waals surface area contributed by atoms with Gasteiger partial charge in [-0.3, -0.25) is 0 Å². The van der Waals surface area contributed by atoms with E-state index < -0.39 is 0 Å². The molecule has 0 radical (unpaired) electrons.